The van der Waals surface area contributed by atoms with Crippen molar-refractivity contribution in [3.05, 3.63) is 11.1 Å². The van der Waals surface area contributed by atoms with Crippen molar-refractivity contribution in [2.24, 2.45) is 11.8 Å². The lowest BCUT2D eigenvalue weighted by Crippen LogP contribution is -2.34. The number of esters is 1. The molecule has 0 bridgehead atoms. The quantitative estimate of drug-likeness (QED) is 0.845. The van der Waals surface area contributed by atoms with E-state index in [4.69, 9.17) is 0 Å². The molecule has 1 aliphatic carbocycles. The SMILES string of the molecule is COC(=O)CCc1csc(NC2CCCC(C)C2C)n1. The van der Waals surface area contributed by atoms with Gasteiger partial charge in [0.05, 0.1) is 19.2 Å². The minimum absolute atomic E-state index is 0.178. The predicted octanol–water partition coefficient (Wildman–Crippen LogP) is 3.49. The van der Waals surface area contributed by atoms with Crippen molar-refractivity contribution >= 4 is 22.4 Å². The molecule has 5 heteroatoms. The van der Waals surface area contributed by atoms with E-state index in [9.17, 15) is 4.79 Å². The van der Waals surface area contributed by atoms with Crippen LogP contribution >= 0.6 is 11.3 Å². The van der Waals surface area contributed by atoms with Gasteiger partial charge in [0, 0.05) is 17.8 Å². The number of carbonyl (C=O) groups is 1. The molecule has 0 aromatic carbocycles. The molecule has 3 unspecified atom stereocenters. The number of aryl methyl sites for hydroxylation is 1. The summed E-state index contributed by atoms with van der Waals surface area (Å²) in [7, 11) is 1.42. The minimum atomic E-state index is -0.178. The topological polar surface area (TPSA) is 51.2 Å². The Kier molecular flexibility index (Phi) is 5.40. The van der Waals surface area contributed by atoms with Crippen LogP contribution < -0.4 is 5.32 Å². The van der Waals surface area contributed by atoms with Crippen LogP contribution in [0.5, 0.6) is 0 Å². The summed E-state index contributed by atoms with van der Waals surface area (Å²) in [6.07, 6.45) is 4.91. The number of aromatic nitrogens is 1. The molecule has 1 saturated carbocycles. The van der Waals surface area contributed by atoms with Crippen molar-refractivity contribution in [1.29, 1.82) is 0 Å². The van der Waals surface area contributed by atoms with Crippen LogP contribution in [0, 0.1) is 11.8 Å². The first kappa shape index (κ1) is 15.3. The lowest BCUT2D eigenvalue weighted by Gasteiger charge is -2.34. The second-order valence-electron chi connectivity index (χ2n) is 5.74. The van der Waals surface area contributed by atoms with E-state index in [1.54, 1.807) is 11.3 Å². The zero-order chi connectivity index (χ0) is 14.5. The van der Waals surface area contributed by atoms with Crippen LogP contribution in [0.3, 0.4) is 0 Å². The second-order valence-corrected chi connectivity index (χ2v) is 6.60. The molecule has 20 heavy (non-hydrogen) atoms. The number of nitrogens with zero attached hydrogens (tertiary/aromatic N) is 1. The molecule has 1 aromatic rings. The molecule has 3 atom stereocenters. The van der Waals surface area contributed by atoms with Gasteiger partial charge in [0.15, 0.2) is 5.13 Å². The van der Waals surface area contributed by atoms with Gasteiger partial charge < -0.3 is 10.1 Å². The van der Waals surface area contributed by atoms with E-state index in [2.05, 4.69) is 28.9 Å². The fourth-order valence-electron chi connectivity index (χ4n) is 2.76. The third-order valence-corrected chi connectivity index (χ3v) is 5.20. The van der Waals surface area contributed by atoms with Gasteiger partial charge in [0.2, 0.25) is 0 Å². The fraction of sp³-hybridized carbons (Fsp3) is 0.733. The summed E-state index contributed by atoms with van der Waals surface area (Å²) in [6, 6.07) is 0.526. The van der Waals surface area contributed by atoms with E-state index in [-0.39, 0.29) is 5.97 Å². The zero-order valence-electron chi connectivity index (χ0n) is 12.5. The van der Waals surface area contributed by atoms with Crippen LogP contribution in [0.15, 0.2) is 5.38 Å². The molecule has 0 amide bonds. The number of hydrogen-bond donors (Lipinski definition) is 1. The maximum atomic E-state index is 11.1. The highest BCUT2D eigenvalue weighted by atomic mass is 32.1. The highest BCUT2D eigenvalue weighted by Gasteiger charge is 2.27. The van der Waals surface area contributed by atoms with Crippen molar-refractivity contribution in [2.45, 2.75) is 52.0 Å². The van der Waals surface area contributed by atoms with Crippen molar-refractivity contribution < 1.29 is 9.53 Å². The van der Waals surface area contributed by atoms with Gasteiger partial charge in [0.25, 0.3) is 0 Å². The Labute approximate surface area is 124 Å². The smallest absolute Gasteiger partial charge is 0.305 e. The van der Waals surface area contributed by atoms with E-state index >= 15 is 0 Å². The molecule has 0 radical (unpaired) electrons. The normalized spacial score (nSPS) is 26.2. The molecule has 112 valence electrons. The van der Waals surface area contributed by atoms with E-state index < -0.39 is 0 Å². The number of hydrogen-bond acceptors (Lipinski definition) is 5. The Morgan fingerprint density at radius 1 is 1.50 bits per heavy atom. The third kappa shape index (κ3) is 3.95. The molecular formula is C15H24N2O2S. The maximum absolute atomic E-state index is 11.1. The molecule has 1 N–H and O–H groups in total. The number of nitrogens with one attached hydrogen (secondary N) is 1. The molecule has 0 saturated heterocycles. The van der Waals surface area contributed by atoms with Gasteiger partial charge in [0.1, 0.15) is 0 Å². The van der Waals surface area contributed by atoms with Crippen molar-refractivity contribution in [2.75, 3.05) is 12.4 Å². The van der Waals surface area contributed by atoms with E-state index in [0.29, 0.717) is 24.8 Å². The van der Waals surface area contributed by atoms with E-state index in [1.807, 2.05) is 5.38 Å². The lowest BCUT2D eigenvalue weighted by atomic mass is 9.78. The van der Waals surface area contributed by atoms with Crippen molar-refractivity contribution in [1.82, 2.24) is 4.98 Å². The van der Waals surface area contributed by atoms with E-state index in [1.165, 1.54) is 26.4 Å². The lowest BCUT2D eigenvalue weighted by molar-refractivity contribution is -0.140. The fourth-order valence-corrected chi connectivity index (χ4v) is 3.57. The van der Waals surface area contributed by atoms with Crippen molar-refractivity contribution in [3.63, 3.8) is 0 Å². The third-order valence-electron chi connectivity index (χ3n) is 4.38. The first-order chi connectivity index (χ1) is 9.60. The largest absolute Gasteiger partial charge is 0.469 e. The van der Waals surface area contributed by atoms with Gasteiger partial charge >= 0.3 is 5.97 Å². The van der Waals surface area contributed by atoms with E-state index in [0.717, 1.165) is 16.7 Å². The summed E-state index contributed by atoms with van der Waals surface area (Å²) >= 11 is 1.63. The van der Waals surface area contributed by atoms with Gasteiger partial charge in [-0.15, -0.1) is 11.3 Å². The van der Waals surface area contributed by atoms with Gasteiger partial charge in [-0.05, 0) is 18.3 Å². The van der Waals surface area contributed by atoms with Crippen LogP contribution in [0.25, 0.3) is 0 Å². The Balaban J connectivity index is 1.87. The molecular weight excluding hydrogens is 272 g/mol. The van der Waals surface area contributed by atoms with Gasteiger partial charge in [-0.3, -0.25) is 4.79 Å². The van der Waals surface area contributed by atoms with Crippen LogP contribution in [0.2, 0.25) is 0 Å². The summed E-state index contributed by atoms with van der Waals surface area (Å²) < 4.78 is 4.65. The number of ether oxygens (including phenoxy) is 1. The van der Waals surface area contributed by atoms with Crippen LogP contribution in [-0.2, 0) is 16.0 Å². The summed E-state index contributed by atoms with van der Waals surface area (Å²) in [5, 5.41) is 6.59. The molecule has 1 fully saturated rings. The first-order valence-electron chi connectivity index (χ1n) is 7.38. The van der Waals surface area contributed by atoms with Crippen molar-refractivity contribution in [3.8, 4) is 0 Å². The number of carbonyl (C=O) groups excluding carboxylic acids is 1. The van der Waals surface area contributed by atoms with Gasteiger partial charge in [-0.2, -0.15) is 0 Å². The molecule has 4 nitrogen and oxygen atoms in total. The summed E-state index contributed by atoms with van der Waals surface area (Å²) in [5.74, 6) is 1.29. The molecule has 0 spiro atoms. The molecule has 0 aliphatic heterocycles. The summed E-state index contributed by atoms with van der Waals surface area (Å²) in [4.78, 5) is 15.7. The summed E-state index contributed by atoms with van der Waals surface area (Å²) in [6.45, 7) is 4.66. The van der Waals surface area contributed by atoms with Gasteiger partial charge in [-0.25, -0.2) is 4.98 Å². The summed E-state index contributed by atoms with van der Waals surface area (Å²) in [5.41, 5.74) is 0.972. The van der Waals surface area contributed by atoms with Gasteiger partial charge in [-0.1, -0.05) is 26.7 Å². The molecule has 1 heterocycles. The average molecular weight is 296 g/mol. The molecule has 1 aromatic heterocycles. The Bertz CT molecular complexity index is 447. The minimum Gasteiger partial charge on any atom is -0.469 e. The Morgan fingerprint density at radius 3 is 3.05 bits per heavy atom. The van der Waals surface area contributed by atoms with Crippen LogP contribution in [-0.4, -0.2) is 24.1 Å². The molecule has 1 aliphatic rings. The average Bonchev–Trinajstić information content (AvgIpc) is 2.89. The second kappa shape index (κ2) is 7.07. The number of rotatable bonds is 5. The number of anilines is 1. The van der Waals surface area contributed by atoms with Crippen LogP contribution in [0.1, 0.15) is 45.2 Å². The zero-order valence-corrected chi connectivity index (χ0v) is 13.3. The van der Waals surface area contributed by atoms with Crippen LogP contribution in [0.4, 0.5) is 5.13 Å². The predicted molar refractivity (Wildman–Crippen MR) is 82.0 cm³/mol. The first-order valence-corrected chi connectivity index (χ1v) is 8.26. The Hall–Kier alpha value is -1.10. The molecule has 2 rings (SSSR count). The maximum Gasteiger partial charge on any atom is 0.305 e. The highest BCUT2D eigenvalue weighted by molar-refractivity contribution is 7.13. The standard InChI is InChI=1S/C15H24N2O2S/c1-10-5-4-6-13(11(10)2)17-15-16-12(9-20-15)7-8-14(18)19-3/h9-11,13H,4-8H2,1-3H3,(H,16,17). The monoisotopic (exact) mass is 296 g/mol. The Morgan fingerprint density at radius 2 is 2.30 bits per heavy atom. The highest BCUT2D eigenvalue weighted by Crippen LogP contribution is 2.32. The number of methoxy groups -OCH3 is 1. The number of thiazole rings is 1.